The number of carbonyl (C=O) groups is 1. The number of nitrogens with zero attached hydrogens (tertiary/aromatic N) is 2. The number of hydrogen-bond donors (Lipinski definition) is 0. The summed E-state index contributed by atoms with van der Waals surface area (Å²) in [6, 6.07) is 8.40. The van der Waals surface area contributed by atoms with E-state index in [1.807, 2.05) is 19.1 Å². The molecule has 4 heteroatoms. The van der Waals surface area contributed by atoms with Crippen LogP contribution in [0.2, 0.25) is 0 Å². The molecular weight excluding hydrogens is 312 g/mol. The second-order valence-corrected chi connectivity index (χ2v) is 7.66. The molecule has 138 valence electrons. The van der Waals surface area contributed by atoms with Crippen molar-refractivity contribution >= 4 is 5.91 Å². The monoisotopic (exact) mass is 344 g/mol. The molecule has 1 atom stereocenters. The lowest BCUT2D eigenvalue weighted by molar-refractivity contribution is -0.138. The van der Waals surface area contributed by atoms with Crippen molar-refractivity contribution in [2.75, 3.05) is 32.8 Å². The zero-order chi connectivity index (χ0) is 17.6. The second kappa shape index (κ2) is 8.70. The molecule has 0 aliphatic carbocycles. The van der Waals surface area contributed by atoms with Gasteiger partial charge in [0.1, 0.15) is 5.75 Å². The highest BCUT2D eigenvalue weighted by atomic mass is 16.5. The third kappa shape index (κ3) is 4.97. The third-order valence-electron chi connectivity index (χ3n) is 5.55. The summed E-state index contributed by atoms with van der Waals surface area (Å²) in [5, 5.41) is 0. The largest absolute Gasteiger partial charge is 0.494 e. The lowest BCUT2D eigenvalue weighted by Crippen LogP contribution is -2.45. The van der Waals surface area contributed by atoms with E-state index in [4.69, 9.17) is 4.74 Å². The van der Waals surface area contributed by atoms with Crippen LogP contribution >= 0.6 is 0 Å². The standard InChI is InChI=1S/C21H32N2O2/c1-3-25-20-8-6-18(7-9-20)16-22-13-10-19(11-14-22)21(24)23-12-4-5-17(2)15-23/h6-9,17,19H,3-5,10-16H2,1-2H3. The first-order valence-electron chi connectivity index (χ1n) is 9.88. The van der Waals surface area contributed by atoms with E-state index in [1.165, 1.54) is 18.4 Å². The summed E-state index contributed by atoms with van der Waals surface area (Å²) in [5.41, 5.74) is 1.32. The van der Waals surface area contributed by atoms with Crippen LogP contribution < -0.4 is 4.74 Å². The van der Waals surface area contributed by atoms with Crippen molar-refractivity contribution in [1.29, 1.82) is 0 Å². The molecular formula is C21H32N2O2. The molecule has 2 saturated heterocycles. The molecule has 2 heterocycles. The Morgan fingerprint density at radius 1 is 1.12 bits per heavy atom. The topological polar surface area (TPSA) is 32.8 Å². The Labute approximate surface area is 152 Å². The fraction of sp³-hybridized carbons (Fsp3) is 0.667. The molecule has 0 radical (unpaired) electrons. The molecule has 1 aromatic carbocycles. The van der Waals surface area contributed by atoms with Gasteiger partial charge in [-0.2, -0.15) is 0 Å². The molecule has 0 N–H and O–H groups in total. The number of hydrogen-bond acceptors (Lipinski definition) is 3. The molecule has 2 aliphatic heterocycles. The van der Waals surface area contributed by atoms with E-state index in [0.717, 1.165) is 51.3 Å². The van der Waals surface area contributed by atoms with Crippen LogP contribution in [0.5, 0.6) is 5.75 Å². The highest BCUT2D eigenvalue weighted by Gasteiger charge is 2.30. The van der Waals surface area contributed by atoms with E-state index < -0.39 is 0 Å². The first-order chi connectivity index (χ1) is 12.2. The summed E-state index contributed by atoms with van der Waals surface area (Å²) in [4.78, 5) is 17.4. The van der Waals surface area contributed by atoms with Gasteiger partial charge >= 0.3 is 0 Å². The Balaban J connectivity index is 1.45. The number of amides is 1. The average molecular weight is 344 g/mol. The van der Waals surface area contributed by atoms with E-state index in [1.54, 1.807) is 0 Å². The summed E-state index contributed by atoms with van der Waals surface area (Å²) >= 11 is 0. The van der Waals surface area contributed by atoms with Gasteiger partial charge in [-0.1, -0.05) is 19.1 Å². The van der Waals surface area contributed by atoms with E-state index in [-0.39, 0.29) is 5.92 Å². The van der Waals surface area contributed by atoms with Crippen LogP contribution in [0, 0.1) is 11.8 Å². The van der Waals surface area contributed by atoms with Crippen molar-refractivity contribution in [2.24, 2.45) is 11.8 Å². The van der Waals surface area contributed by atoms with Crippen molar-refractivity contribution in [2.45, 2.75) is 46.1 Å². The van der Waals surface area contributed by atoms with Gasteiger partial charge in [0, 0.05) is 25.6 Å². The predicted octanol–water partition coefficient (Wildman–Crippen LogP) is 3.56. The summed E-state index contributed by atoms with van der Waals surface area (Å²) in [6.07, 6.45) is 4.44. The Bertz CT molecular complexity index is 550. The molecule has 1 unspecified atom stereocenters. The molecule has 1 aromatic rings. The van der Waals surface area contributed by atoms with Gasteiger partial charge in [-0.3, -0.25) is 9.69 Å². The van der Waals surface area contributed by atoms with Crippen molar-refractivity contribution in [1.82, 2.24) is 9.80 Å². The van der Waals surface area contributed by atoms with Crippen LogP contribution in [0.1, 0.15) is 45.1 Å². The van der Waals surface area contributed by atoms with Crippen molar-refractivity contribution in [3.05, 3.63) is 29.8 Å². The third-order valence-corrected chi connectivity index (χ3v) is 5.55. The van der Waals surface area contributed by atoms with Crippen molar-refractivity contribution in [3.8, 4) is 5.75 Å². The Hall–Kier alpha value is -1.55. The molecule has 25 heavy (non-hydrogen) atoms. The van der Waals surface area contributed by atoms with Gasteiger partial charge in [-0.15, -0.1) is 0 Å². The molecule has 1 amide bonds. The fourth-order valence-corrected chi connectivity index (χ4v) is 4.10. The quantitative estimate of drug-likeness (QED) is 0.819. The highest BCUT2D eigenvalue weighted by molar-refractivity contribution is 5.79. The van der Waals surface area contributed by atoms with E-state index in [2.05, 4.69) is 28.9 Å². The number of rotatable bonds is 5. The van der Waals surface area contributed by atoms with E-state index >= 15 is 0 Å². The predicted molar refractivity (Wildman–Crippen MR) is 101 cm³/mol. The Morgan fingerprint density at radius 2 is 1.84 bits per heavy atom. The van der Waals surface area contributed by atoms with Gasteiger partial charge in [-0.25, -0.2) is 0 Å². The number of carbonyl (C=O) groups excluding carboxylic acids is 1. The van der Waals surface area contributed by atoms with Crippen LogP contribution in [-0.2, 0) is 11.3 Å². The van der Waals surface area contributed by atoms with Crippen LogP contribution in [0.15, 0.2) is 24.3 Å². The number of piperidine rings is 2. The van der Waals surface area contributed by atoms with Gasteiger partial charge in [0.2, 0.25) is 5.91 Å². The maximum atomic E-state index is 12.8. The SMILES string of the molecule is CCOc1ccc(CN2CCC(C(=O)N3CCCC(C)C3)CC2)cc1. The van der Waals surface area contributed by atoms with Gasteiger partial charge < -0.3 is 9.64 Å². The highest BCUT2D eigenvalue weighted by Crippen LogP contribution is 2.24. The van der Waals surface area contributed by atoms with Crippen molar-refractivity contribution in [3.63, 3.8) is 0 Å². The van der Waals surface area contributed by atoms with Crippen LogP contribution in [0.25, 0.3) is 0 Å². The average Bonchev–Trinajstić information content (AvgIpc) is 2.64. The zero-order valence-electron chi connectivity index (χ0n) is 15.7. The van der Waals surface area contributed by atoms with Gasteiger partial charge in [-0.05, 0) is 69.3 Å². The normalized spacial score (nSPS) is 22.8. The van der Waals surface area contributed by atoms with Gasteiger partial charge in [0.05, 0.1) is 6.61 Å². The lowest BCUT2D eigenvalue weighted by atomic mass is 9.92. The first-order valence-corrected chi connectivity index (χ1v) is 9.88. The number of ether oxygens (including phenoxy) is 1. The number of likely N-dealkylation sites (tertiary alicyclic amines) is 2. The van der Waals surface area contributed by atoms with Crippen molar-refractivity contribution < 1.29 is 9.53 Å². The van der Waals surface area contributed by atoms with Crippen LogP contribution in [-0.4, -0.2) is 48.5 Å². The molecule has 0 aromatic heterocycles. The minimum atomic E-state index is 0.238. The minimum Gasteiger partial charge on any atom is -0.494 e. The second-order valence-electron chi connectivity index (χ2n) is 7.66. The van der Waals surface area contributed by atoms with Crippen LogP contribution in [0.4, 0.5) is 0 Å². The summed E-state index contributed by atoms with van der Waals surface area (Å²) in [7, 11) is 0. The first kappa shape index (κ1) is 18.2. The Kier molecular flexibility index (Phi) is 6.35. The molecule has 0 bridgehead atoms. The maximum Gasteiger partial charge on any atom is 0.225 e. The zero-order valence-corrected chi connectivity index (χ0v) is 15.7. The smallest absolute Gasteiger partial charge is 0.225 e. The summed E-state index contributed by atoms with van der Waals surface area (Å²) in [6.45, 7) is 9.91. The molecule has 2 aliphatic rings. The minimum absolute atomic E-state index is 0.238. The number of benzene rings is 1. The van der Waals surface area contributed by atoms with E-state index in [9.17, 15) is 4.79 Å². The Morgan fingerprint density at radius 3 is 2.48 bits per heavy atom. The van der Waals surface area contributed by atoms with E-state index in [0.29, 0.717) is 18.4 Å². The van der Waals surface area contributed by atoms with Gasteiger partial charge in [0.25, 0.3) is 0 Å². The molecule has 0 saturated carbocycles. The summed E-state index contributed by atoms with van der Waals surface area (Å²) in [5.74, 6) is 2.25. The lowest BCUT2D eigenvalue weighted by Gasteiger charge is -2.37. The summed E-state index contributed by atoms with van der Waals surface area (Å²) < 4.78 is 5.50. The molecule has 4 nitrogen and oxygen atoms in total. The van der Waals surface area contributed by atoms with Crippen LogP contribution in [0.3, 0.4) is 0 Å². The maximum absolute atomic E-state index is 12.8. The van der Waals surface area contributed by atoms with Gasteiger partial charge in [0.15, 0.2) is 0 Å². The fourth-order valence-electron chi connectivity index (χ4n) is 4.10. The molecule has 2 fully saturated rings. The molecule has 3 rings (SSSR count). The molecule has 0 spiro atoms.